The summed E-state index contributed by atoms with van der Waals surface area (Å²) >= 11 is 0. The van der Waals surface area contributed by atoms with E-state index in [0.29, 0.717) is 0 Å². The zero-order valence-electron chi connectivity index (χ0n) is 13.9. The molecule has 1 saturated heterocycles. The Hall–Kier alpha value is -0.120. The molecule has 0 aromatic carbocycles. The molecule has 1 N–H and O–H groups in total. The molecular formula is C17H35N3. The summed E-state index contributed by atoms with van der Waals surface area (Å²) in [5, 5.41) is 3.61. The van der Waals surface area contributed by atoms with E-state index in [2.05, 4.69) is 36.1 Å². The molecule has 1 saturated carbocycles. The molecule has 0 aromatic heterocycles. The van der Waals surface area contributed by atoms with Crippen molar-refractivity contribution in [1.29, 1.82) is 0 Å². The molecule has 20 heavy (non-hydrogen) atoms. The fraction of sp³-hybridized carbons (Fsp3) is 1.00. The molecule has 1 aliphatic heterocycles. The first-order valence-electron chi connectivity index (χ1n) is 8.84. The Kier molecular flexibility index (Phi) is 6.79. The van der Waals surface area contributed by atoms with Gasteiger partial charge in [0.25, 0.3) is 0 Å². The Morgan fingerprint density at radius 1 is 1.10 bits per heavy atom. The van der Waals surface area contributed by atoms with Crippen LogP contribution in [0, 0.1) is 0 Å². The minimum absolute atomic E-state index is 0.786. The van der Waals surface area contributed by atoms with Crippen molar-refractivity contribution in [3.8, 4) is 0 Å². The lowest BCUT2D eigenvalue weighted by molar-refractivity contribution is 0.131. The topological polar surface area (TPSA) is 18.5 Å². The predicted molar refractivity (Wildman–Crippen MR) is 87.2 cm³/mol. The van der Waals surface area contributed by atoms with E-state index in [0.717, 1.165) is 24.7 Å². The van der Waals surface area contributed by atoms with Gasteiger partial charge in [-0.3, -0.25) is 0 Å². The monoisotopic (exact) mass is 281 g/mol. The lowest BCUT2D eigenvalue weighted by Gasteiger charge is -2.37. The third-order valence-corrected chi connectivity index (χ3v) is 5.55. The Bertz CT molecular complexity index is 261. The maximum Gasteiger partial charge on any atom is 0.0104 e. The zero-order valence-corrected chi connectivity index (χ0v) is 13.9. The standard InChI is InChI=1S/C17H35N3/c1-4-18-15-8-10-17(11-9-15)20(3)14-12-16-7-5-6-13-19(16)2/h15-18H,4-14H2,1-3H3. The highest BCUT2D eigenvalue weighted by Crippen LogP contribution is 2.24. The predicted octanol–water partition coefficient (Wildman–Crippen LogP) is 2.71. The van der Waals surface area contributed by atoms with E-state index in [9.17, 15) is 0 Å². The molecule has 2 aliphatic rings. The lowest BCUT2D eigenvalue weighted by Crippen LogP contribution is -2.43. The largest absolute Gasteiger partial charge is 0.314 e. The van der Waals surface area contributed by atoms with E-state index in [1.54, 1.807) is 0 Å². The van der Waals surface area contributed by atoms with Crippen LogP contribution in [0.2, 0.25) is 0 Å². The number of nitrogens with one attached hydrogen (secondary N) is 1. The van der Waals surface area contributed by atoms with E-state index in [1.807, 2.05) is 0 Å². The van der Waals surface area contributed by atoms with Crippen LogP contribution in [-0.4, -0.2) is 61.7 Å². The molecule has 1 heterocycles. The molecule has 2 rings (SSSR count). The number of rotatable bonds is 6. The third-order valence-electron chi connectivity index (χ3n) is 5.55. The normalized spacial score (nSPS) is 32.7. The number of likely N-dealkylation sites (tertiary alicyclic amines) is 1. The van der Waals surface area contributed by atoms with Crippen molar-refractivity contribution in [2.24, 2.45) is 0 Å². The van der Waals surface area contributed by atoms with Gasteiger partial charge in [-0.2, -0.15) is 0 Å². The summed E-state index contributed by atoms with van der Waals surface area (Å²) in [7, 11) is 4.66. The van der Waals surface area contributed by atoms with Crippen LogP contribution >= 0.6 is 0 Å². The van der Waals surface area contributed by atoms with Crippen molar-refractivity contribution < 1.29 is 0 Å². The second-order valence-electron chi connectivity index (χ2n) is 6.96. The Morgan fingerprint density at radius 2 is 1.85 bits per heavy atom. The highest BCUT2D eigenvalue weighted by molar-refractivity contribution is 4.83. The molecule has 0 amide bonds. The molecule has 0 radical (unpaired) electrons. The third kappa shape index (κ3) is 4.71. The molecule has 3 heteroatoms. The molecule has 0 bridgehead atoms. The molecule has 1 aliphatic carbocycles. The quantitative estimate of drug-likeness (QED) is 0.807. The van der Waals surface area contributed by atoms with Gasteiger partial charge in [-0.05, 0) is 78.7 Å². The van der Waals surface area contributed by atoms with E-state index in [1.165, 1.54) is 64.5 Å². The maximum atomic E-state index is 3.61. The average Bonchev–Trinajstić information content (AvgIpc) is 2.47. The lowest BCUT2D eigenvalue weighted by atomic mass is 9.90. The highest BCUT2D eigenvalue weighted by atomic mass is 15.2. The van der Waals surface area contributed by atoms with Crippen LogP contribution in [0.5, 0.6) is 0 Å². The summed E-state index contributed by atoms with van der Waals surface area (Å²) < 4.78 is 0. The SMILES string of the molecule is CCNC1CCC(N(C)CCC2CCCCN2C)CC1. The van der Waals surface area contributed by atoms with Gasteiger partial charge in [-0.1, -0.05) is 13.3 Å². The van der Waals surface area contributed by atoms with Crippen LogP contribution in [-0.2, 0) is 0 Å². The molecular weight excluding hydrogens is 246 g/mol. The van der Waals surface area contributed by atoms with Crippen molar-refractivity contribution in [2.75, 3.05) is 33.7 Å². The minimum Gasteiger partial charge on any atom is -0.314 e. The average molecular weight is 281 g/mol. The first-order chi connectivity index (χ1) is 9.70. The van der Waals surface area contributed by atoms with Crippen LogP contribution in [0.4, 0.5) is 0 Å². The van der Waals surface area contributed by atoms with Gasteiger partial charge in [0.15, 0.2) is 0 Å². The molecule has 3 nitrogen and oxygen atoms in total. The maximum absolute atomic E-state index is 3.61. The van der Waals surface area contributed by atoms with E-state index < -0.39 is 0 Å². The Morgan fingerprint density at radius 3 is 2.50 bits per heavy atom. The Labute approximate surface area is 126 Å². The van der Waals surface area contributed by atoms with Crippen molar-refractivity contribution in [3.05, 3.63) is 0 Å². The van der Waals surface area contributed by atoms with E-state index in [-0.39, 0.29) is 0 Å². The summed E-state index contributed by atoms with van der Waals surface area (Å²) in [6, 6.07) is 2.46. The number of nitrogens with zero attached hydrogens (tertiary/aromatic N) is 2. The minimum atomic E-state index is 0.786. The number of hydrogen-bond donors (Lipinski definition) is 1. The van der Waals surface area contributed by atoms with Gasteiger partial charge in [-0.25, -0.2) is 0 Å². The number of hydrogen-bond acceptors (Lipinski definition) is 3. The molecule has 1 unspecified atom stereocenters. The van der Waals surface area contributed by atoms with Gasteiger partial charge in [0.2, 0.25) is 0 Å². The van der Waals surface area contributed by atoms with Gasteiger partial charge in [0.05, 0.1) is 0 Å². The van der Waals surface area contributed by atoms with Crippen molar-refractivity contribution in [2.45, 2.75) is 76.4 Å². The Balaban J connectivity index is 1.66. The fourth-order valence-electron chi connectivity index (χ4n) is 4.05. The molecule has 118 valence electrons. The molecule has 1 atom stereocenters. The molecule has 2 fully saturated rings. The van der Waals surface area contributed by atoms with Gasteiger partial charge in [-0.15, -0.1) is 0 Å². The smallest absolute Gasteiger partial charge is 0.0104 e. The van der Waals surface area contributed by atoms with Crippen LogP contribution in [0.3, 0.4) is 0 Å². The summed E-state index contributed by atoms with van der Waals surface area (Å²) in [6.07, 6.45) is 11.1. The van der Waals surface area contributed by atoms with Crippen LogP contribution in [0.15, 0.2) is 0 Å². The van der Waals surface area contributed by atoms with Crippen LogP contribution in [0.25, 0.3) is 0 Å². The second kappa shape index (κ2) is 8.35. The summed E-state index contributed by atoms with van der Waals surface area (Å²) in [6.45, 7) is 5.94. The summed E-state index contributed by atoms with van der Waals surface area (Å²) in [4.78, 5) is 5.23. The summed E-state index contributed by atoms with van der Waals surface area (Å²) in [5.74, 6) is 0. The van der Waals surface area contributed by atoms with E-state index >= 15 is 0 Å². The highest BCUT2D eigenvalue weighted by Gasteiger charge is 2.25. The molecule has 0 aromatic rings. The van der Waals surface area contributed by atoms with Crippen molar-refractivity contribution in [3.63, 3.8) is 0 Å². The van der Waals surface area contributed by atoms with E-state index in [4.69, 9.17) is 0 Å². The van der Waals surface area contributed by atoms with Crippen LogP contribution < -0.4 is 5.32 Å². The molecule has 0 spiro atoms. The second-order valence-corrected chi connectivity index (χ2v) is 6.96. The van der Waals surface area contributed by atoms with Gasteiger partial charge >= 0.3 is 0 Å². The van der Waals surface area contributed by atoms with Crippen LogP contribution in [0.1, 0.15) is 58.3 Å². The fourth-order valence-corrected chi connectivity index (χ4v) is 4.05. The van der Waals surface area contributed by atoms with Gasteiger partial charge < -0.3 is 15.1 Å². The number of piperidine rings is 1. The van der Waals surface area contributed by atoms with Gasteiger partial charge in [0, 0.05) is 18.1 Å². The van der Waals surface area contributed by atoms with Crippen molar-refractivity contribution >= 4 is 0 Å². The summed E-state index contributed by atoms with van der Waals surface area (Å²) in [5.41, 5.74) is 0. The zero-order chi connectivity index (χ0) is 14.4. The van der Waals surface area contributed by atoms with Gasteiger partial charge in [0.1, 0.15) is 0 Å². The first kappa shape index (κ1) is 16.3. The first-order valence-corrected chi connectivity index (χ1v) is 8.84. The van der Waals surface area contributed by atoms with Crippen molar-refractivity contribution in [1.82, 2.24) is 15.1 Å².